The molecule has 1 N–H and O–H groups in total. The molecule has 4 heterocycles. The second kappa shape index (κ2) is 4.28. The summed E-state index contributed by atoms with van der Waals surface area (Å²) < 4.78 is 5.88. The van der Waals surface area contributed by atoms with Gasteiger partial charge < -0.3 is 4.74 Å². The molecule has 3 unspecified atom stereocenters. The maximum absolute atomic E-state index is 12.6. The predicted molar refractivity (Wildman–Crippen MR) is 85.6 cm³/mol. The van der Waals surface area contributed by atoms with Gasteiger partial charge in [-0.25, -0.2) is 9.69 Å². The molecule has 4 fully saturated rings. The van der Waals surface area contributed by atoms with Crippen molar-refractivity contribution in [3.63, 3.8) is 0 Å². The second-order valence-electron chi connectivity index (χ2n) is 7.82. The quantitative estimate of drug-likeness (QED) is 0.865. The summed E-state index contributed by atoms with van der Waals surface area (Å²) in [6.07, 6.45) is 3.06. The Morgan fingerprint density at radius 1 is 1.22 bits per heavy atom. The first-order valence-corrected chi connectivity index (χ1v) is 8.63. The van der Waals surface area contributed by atoms with Crippen LogP contribution in [0.2, 0.25) is 0 Å². The monoisotopic (exact) mass is 313 g/mol. The first-order chi connectivity index (χ1) is 11.0. The molecule has 1 amide bonds. The van der Waals surface area contributed by atoms with E-state index >= 15 is 0 Å². The van der Waals surface area contributed by atoms with Crippen LogP contribution >= 0.6 is 0 Å². The Labute approximate surface area is 136 Å². The van der Waals surface area contributed by atoms with Gasteiger partial charge in [0.25, 0.3) is 0 Å². The Balaban J connectivity index is 1.59. The zero-order valence-electron chi connectivity index (χ0n) is 13.7. The lowest BCUT2D eigenvalue weighted by molar-refractivity contribution is -0.122. The second-order valence-corrected chi connectivity index (χ2v) is 7.82. The fourth-order valence-corrected chi connectivity index (χ4v) is 5.44. The Morgan fingerprint density at radius 2 is 2.00 bits per heavy atom. The van der Waals surface area contributed by atoms with Crippen molar-refractivity contribution in [3.05, 3.63) is 35.9 Å². The number of ether oxygens (including phenoxy) is 1. The number of benzene rings is 1. The third-order valence-corrected chi connectivity index (χ3v) is 6.27. The summed E-state index contributed by atoms with van der Waals surface area (Å²) in [4.78, 5) is 17.0. The van der Waals surface area contributed by atoms with Gasteiger partial charge in [0.05, 0.1) is 11.7 Å². The minimum absolute atomic E-state index is 0.133. The molecule has 1 aromatic carbocycles. The predicted octanol–water partition coefficient (Wildman–Crippen LogP) is 2.45. The van der Waals surface area contributed by atoms with E-state index in [1.807, 2.05) is 18.7 Å². The molecule has 1 aromatic rings. The van der Waals surface area contributed by atoms with E-state index in [1.54, 1.807) is 0 Å². The van der Waals surface area contributed by atoms with Crippen LogP contribution in [0.4, 0.5) is 4.79 Å². The third-order valence-electron chi connectivity index (χ3n) is 6.27. The molecule has 0 aromatic heterocycles. The maximum atomic E-state index is 12.6. The highest BCUT2D eigenvalue weighted by atomic mass is 16.6. The maximum Gasteiger partial charge on any atom is 0.412 e. The Morgan fingerprint density at radius 3 is 2.78 bits per heavy atom. The van der Waals surface area contributed by atoms with Crippen LogP contribution in [0, 0.1) is 0 Å². The van der Waals surface area contributed by atoms with E-state index in [2.05, 4.69) is 40.5 Å². The first kappa shape index (κ1) is 13.8. The molecule has 4 saturated heterocycles. The summed E-state index contributed by atoms with van der Waals surface area (Å²) in [7, 11) is 0. The summed E-state index contributed by atoms with van der Waals surface area (Å²) in [6, 6.07) is 11.5. The number of carbonyl (C=O) groups is 1. The Kier molecular flexibility index (Phi) is 2.57. The molecule has 4 aliphatic heterocycles. The zero-order valence-corrected chi connectivity index (χ0v) is 13.7. The number of hydrogen-bond acceptors (Lipinski definition) is 4. The van der Waals surface area contributed by atoms with E-state index in [4.69, 9.17) is 4.74 Å². The molecular weight excluding hydrogens is 290 g/mol. The van der Waals surface area contributed by atoms with E-state index in [-0.39, 0.29) is 23.8 Å². The number of cyclic esters (lactones) is 1. The molecule has 0 aliphatic carbocycles. The lowest BCUT2D eigenvalue weighted by atomic mass is 9.87. The van der Waals surface area contributed by atoms with E-state index < -0.39 is 5.72 Å². The van der Waals surface area contributed by atoms with Gasteiger partial charge in [-0.15, -0.1) is 0 Å². The van der Waals surface area contributed by atoms with Crippen molar-refractivity contribution in [1.82, 2.24) is 15.1 Å². The van der Waals surface area contributed by atoms with Crippen LogP contribution in [0.5, 0.6) is 0 Å². The lowest BCUT2D eigenvalue weighted by Gasteiger charge is -2.45. The van der Waals surface area contributed by atoms with Crippen LogP contribution in [0.1, 0.15) is 44.7 Å². The van der Waals surface area contributed by atoms with Crippen molar-refractivity contribution in [2.24, 2.45) is 0 Å². The Bertz CT molecular complexity index is 661. The van der Waals surface area contributed by atoms with Crippen molar-refractivity contribution in [2.45, 2.75) is 62.6 Å². The zero-order chi connectivity index (χ0) is 15.8. The largest absolute Gasteiger partial charge is 0.428 e. The summed E-state index contributed by atoms with van der Waals surface area (Å²) in [5, 5.41) is 3.91. The van der Waals surface area contributed by atoms with Crippen LogP contribution in [0.15, 0.2) is 30.3 Å². The lowest BCUT2D eigenvalue weighted by Crippen LogP contribution is -2.63. The number of nitrogens with one attached hydrogen (secondary N) is 1. The molecule has 1 spiro atoms. The molecular formula is C18H23N3O2. The minimum atomic E-state index is -0.580. The molecule has 4 bridgehead atoms. The van der Waals surface area contributed by atoms with Crippen molar-refractivity contribution in [2.75, 3.05) is 6.54 Å². The molecule has 5 rings (SSSR count). The molecule has 5 nitrogen and oxygen atoms in total. The normalized spacial score (nSPS) is 40.9. The van der Waals surface area contributed by atoms with Gasteiger partial charge in [-0.1, -0.05) is 30.3 Å². The molecule has 0 radical (unpaired) electrons. The summed E-state index contributed by atoms with van der Waals surface area (Å²) >= 11 is 0. The van der Waals surface area contributed by atoms with Gasteiger partial charge in [0, 0.05) is 25.0 Å². The highest BCUT2D eigenvalue weighted by Crippen LogP contribution is 2.54. The SMILES string of the molecule is CC1(C)OC(=O)N2C3CCC2C2(C3)N[C@H](c3ccccc3)CN12. The molecule has 4 aliphatic rings. The van der Waals surface area contributed by atoms with Gasteiger partial charge in [-0.05, 0) is 32.3 Å². The number of carbonyl (C=O) groups excluding carboxylic acids is 1. The summed E-state index contributed by atoms with van der Waals surface area (Å²) in [5.74, 6) is 0. The van der Waals surface area contributed by atoms with Gasteiger partial charge in [-0.3, -0.25) is 10.2 Å². The van der Waals surface area contributed by atoms with Crippen LogP contribution in [-0.2, 0) is 4.74 Å². The van der Waals surface area contributed by atoms with Gasteiger partial charge in [0.15, 0.2) is 5.72 Å². The Hall–Kier alpha value is -1.59. The van der Waals surface area contributed by atoms with Crippen molar-refractivity contribution >= 4 is 6.09 Å². The number of nitrogens with zero attached hydrogens (tertiary/aromatic N) is 2. The van der Waals surface area contributed by atoms with Gasteiger partial charge in [-0.2, -0.15) is 0 Å². The summed E-state index contributed by atoms with van der Waals surface area (Å²) in [5.41, 5.74) is 0.591. The van der Waals surface area contributed by atoms with E-state index in [0.717, 1.165) is 25.8 Å². The topological polar surface area (TPSA) is 44.8 Å². The van der Waals surface area contributed by atoms with Crippen molar-refractivity contribution < 1.29 is 9.53 Å². The van der Waals surface area contributed by atoms with Gasteiger partial charge >= 0.3 is 6.09 Å². The van der Waals surface area contributed by atoms with Crippen LogP contribution in [0.25, 0.3) is 0 Å². The van der Waals surface area contributed by atoms with Crippen LogP contribution in [0.3, 0.4) is 0 Å². The van der Waals surface area contributed by atoms with Crippen molar-refractivity contribution in [1.29, 1.82) is 0 Å². The minimum Gasteiger partial charge on any atom is -0.428 e. The highest BCUT2D eigenvalue weighted by Gasteiger charge is 2.68. The fraction of sp³-hybridized carbons (Fsp3) is 0.611. The third kappa shape index (κ3) is 1.67. The molecule has 23 heavy (non-hydrogen) atoms. The average Bonchev–Trinajstić information content (AvgIpc) is 3.17. The smallest absolute Gasteiger partial charge is 0.412 e. The number of hydrogen-bond donors (Lipinski definition) is 1. The summed E-state index contributed by atoms with van der Waals surface area (Å²) in [6.45, 7) is 4.93. The fourth-order valence-electron chi connectivity index (χ4n) is 5.44. The number of rotatable bonds is 1. The van der Waals surface area contributed by atoms with Crippen LogP contribution in [-0.4, -0.2) is 45.9 Å². The van der Waals surface area contributed by atoms with E-state index in [9.17, 15) is 4.79 Å². The molecule has 5 heteroatoms. The van der Waals surface area contributed by atoms with Crippen LogP contribution < -0.4 is 5.32 Å². The molecule has 122 valence electrons. The van der Waals surface area contributed by atoms with Gasteiger partial charge in [0.2, 0.25) is 0 Å². The van der Waals surface area contributed by atoms with Gasteiger partial charge in [0.1, 0.15) is 0 Å². The standard InChI is InChI=1S/C18H23N3O2/c1-17(2)20-11-14(12-6-4-3-5-7-12)19-18(20)10-13-8-9-15(18)21(13)16(22)23-17/h3-7,13-15,19H,8-11H2,1-2H3/t13?,14-,15?,18?/m0/s1. The van der Waals surface area contributed by atoms with E-state index in [0.29, 0.717) is 6.04 Å². The number of amides is 1. The highest BCUT2D eigenvalue weighted by molar-refractivity contribution is 5.71. The first-order valence-electron chi connectivity index (χ1n) is 8.63. The van der Waals surface area contributed by atoms with Crippen molar-refractivity contribution in [3.8, 4) is 0 Å². The average molecular weight is 313 g/mol. The molecule has 4 atom stereocenters. The van der Waals surface area contributed by atoms with E-state index in [1.165, 1.54) is 5.56 Å². The molecule has 0 saturated carbocycles.